The van der Waals surface area contributed by atoms with Gasteiger partial charge in [0, 0.05) is 17.6 Å². The van der Waals surface area contributed by atoms with Crippen LogP contribution in [0, 0.1) is 22.7 Å². The molecule has 150 valence electrons. The van der Waals surface area contributed by atoms with Gasteiger partial charge in [0.05, 0.1) is 18.3 Å². The molecule has 1 aromatic heterocycles. The van der Waals surface area contributed by atoms with Crippen LogP contribution >= 0.6 is 0 Å². The fourth-order valence-corrected chi connectivity index (χ4v) is 7.64. The third kappa shape index (κ3) is 2.27. The molecule has 0 aliphatic heterocycles. The zero-order chi connectivity index (χ0) is 19.7. The van der Waals surface area contributed by atoms with Crippen LogP contribution in [-0.4, -0.2) is 21.3 Å². The van der Waals surface area contributed by atoms with Crippen LogP contribution in [0.4, 0.5) is 0 Å². The van der Waals surface area contributed by atoms with E-state index in [2.05, 4.69) is 13.8 Å². The molecule has 1 aromatic rings. The Kier molecular flexibility index (Phi) is 3.88. The first-order valence-electron chi connectivity index (χ1n) is 10.8. The van der Waals surface area contributed by atoms with Gasteiger partial charge in [0.1, 0.15) is 0 Å². The number of ketones is 1. The molecule has 4 nitrogen and oxygen atoms in total. The van der Waals surface area contributed by atoms with Gasteiger partial charge in [0.15, 0.2) is 0 Å². The van der Waals surface area contributed by atoms with Crippen LogP contribution in [0.2, 0.25) is 0 Å². The Hall–Kier alpha value is -1.68. The smallest absolute Gasteiger partial charge is 0.335 e. The van der Waals surface area contributed by atoms with Crippen molar-refractivity contribution in [1.82, 2.24) is 0 Å². The van der Waals surface area contributed by atoms with Gasteiger partial charge in [-0.2, -0.15) is 0 Å². The molecule has 6 atom stereocenters. The monoisotopic (exact) mass is 383 g/mol. The molecule has 0 radical (unpaired) electrons. The van der Waals surface area contributed by atoms with Gasteiger partial charge < -0.3 is 9.52 Å². The van der Waals surface area contributed by atoms with Crippen molar-refractivity contribution >= 4 is 5.78 Å². The average Bonchev–Trinajstić information content (AvgIpc) is 2.95. The maximum absolute atomic E-state index is 12.1. The highest BCUT2D eigenvalue weighted by Crippen LogP contribution is 2.69. The molecule has 28 heavy (non-hydrogen) atoms. The second-order valence-electron chi connectivity index (χ2n) is 10.2. The number of hydrogen-bond acceptors (Lipinski definition) is 3. The summed E-state index contributed by atoms with van der Waals surface area (Å²) in [7, 11) is 0. The lowest BCUT2D eigenvalue weighted by atomic mass is 9.45. The van der Waals surface area contributed by atoms with Gasteiger partial charge in [-0.3, -0.25) is 4.79 Å². The van der Waals surface area contributed by atoms with E-state index in [9.17, 15) is 14.7 Å². The van der Waals surface area contributed by atoms with E-state index in [0.717, 1.165) is 56.9 Å². The molecular formula is C24H31O4+. The molecule has 4 aliphatic carbocycles. The normalized spacial score (nSPS) is 45.0. The Labute approximate surface area is 166 Å². The van der Waals surface area contributed by atoms with Crippen LogP contribution in [-0.2, 0) is 0 Å². The number of hydrogen-bond donors (Lipinski definition) is 1. The van der Waals surface area contributed by atoms with E-state index in [1.807, 2.05) is 12.1 Å². The maximum atomic E-state index is 12.1. The van der Waals surface area contributed by atoms with E-state index in [4.69, 9.17) is 4.42 Å². The van der Waals surface area contributed by atoms with Crippen LogP contribution in [0.15, 0.2) is 39.3 Å². The zero-order valence-corrected chi connectivity index (χ0v) is 16.9. The summed E-state index contributed by atoms with van der Waals surface area (Å²) in [5.74, 6) is 1.54. The molecule has 3 unspecified atom stereocenters. The van der Waals surface area contributed by atoms with Gasteiger partial charge in [-0.1, -0.05) is 19.4 Å². The van der Waals surface area contributed by atoms with Gasteiger partial charge in [0.2, 0.25) is 0 Å². The highest BCUT2D eigenvalue weighted by molar-refractivity contribution is 5.92. The number of fused-ring (bicyclic) bond motifs is 5. The van der Waals surface area contributed by atoms with Crippen molar-refractivity contribution in [2.45, 2.75) is 76.7 Å². The number of rotatable bonds is 1. The Balaban J connectivity index is 1.52. The predicted octanol–water partition coefficient (Wildman–Crippen LogP) is 4.35. The molecule has 0 saturated heterocycles. The number of aliphatic hydroxyl groups is 1. The van der Waals surface area contributed by atoms with Crippen molar-refractivity contribution in [2.75, 3.05) is 0 Å². The Bertz CT molecular complexity index is 893. The molecule has 3 fully saturated rings. The quantitative estimate of drug-likeness (QED) is 0.733. The summed E-state index contributed by atoms with van der Waals surface area (Å²) < 4.78 is 5.16. The van der Waals surface area contributed by atoms with E-state index in [1.165, 1.54) is 11.6 Å². The number of allylic oxidation sites excluding steroid dienone is 1. The molecule has 0 aromatic carbocycles. The van der Waals surface area contributed by atoms with Crippen molar-refractivity contribution in [2.24, 2.45) is 22.7 Å². The molecule has 4 aliphatic rings. The van der Waals surface area contributed by atoms with E-state index >= 15 is 0 Å². The lowest BCUT2D eigenvalue weighted by molar-refractivity contribution is -0.176. The van der Waals surface area contributed by atoms with Crippen molar-refractivity contribution in [3.05, 3.63) is 46.0 Å². The minimum atomic E-state index is -0.672. The van der Waals surface area contributed by atoms with Crippen LogP contribution in [0.3, 0.4) is 0 Å². The summed E-state index contributed by atoms with van der Waals surface area (Å²) >= 11 is 0. The largest absolute Gasteiger partial charge is 0.431 e. The first-order valence-corrected chi connectivity index (χ1v) is 10.8. The molecule has 2 N–H and O–H groups in total. The lowest BCUT2D eigenvalue weighted by Crippen LogP contribution is -2.60. The van der Waals surface area contributed by atoms with Crippen molar-refractivity contribution in [3.8, 4) is 0 Å². The van der Waals surface area contributed by atoms with Gasteiger partial charge in [0.25, 0.3) is 0 Å². The highest BCUT2D eigenvalue weighted by atomic mass is 16.4. The Morgan fingerprint density at radius 3 is 2.64 bits per heavy atom. The van der Waals surface area contributed by atoms with E-state index in [0.29, 0.717) is 17.6 Å². The fourth-order valence-electron chi connectivity index (χ4n) is 7.64. The second-order valence-corrected chi connectivity index (χ2v) is 10.2. The fraction of sp³-hybridized carbons (Fsp3) is 0.667. The van der Waals surface area contributed by atoms with Crippen LogP contribution in [0.25, 0.3) is 0 Å². The van der Waals surface area contributed by atoms with Gasteiger partial charge in [-0.25, -0.2) is 4.79 Å². The van der Waals surface area contributed by atoms with Crippen molar-refractivity contribution in [3.63, 3.8) is 0 Å². The van der Waals surface area contributed by atoms with E-state index in [1.54, 1.807) is 6.26 Å². The zero-order valence-electron chi connectivity index (χ0n) is 16.9. The third-order valence-corrected chi connectivity index (χ3v) is 9.29. The molecule has 3 saturated carbocycles. The molecule has 0 spiro atoms. The SMILES string of the molecule is CC12CCC(=[OH+])C=C1CCC1C2CC[C@]2(C)[C@@H](c3ccc(=O)oc3)CC[C@]12O. The Morgan fingerprint density at radius 2 is 1.89 bits per heavy atom. The minimum Gasteiger partial charge on any atom is -0.431 e. The van der Waals surface area contributed by atoms with Gasteiger partial charge in [-0.15, -0.1) is 0 Å². The van der Waals surface area contributed by atoms with Crippen LogP contribution in [0.1, 0.15) is 76.7 Å². The van der Waals surface area contributed by atoms with E-state index < -0.39 is 5.60 Å². The maximum Gasteiger partial charge on any atom is 0.335 e. The summed E-state index contributed by atoms with van der Waals surface area (Å²) in [5.41, 5.74) is 1.37. The predicted molar refractivity (Wildman–Crippen MR) is 108 cm³/mol. The molecule has 0 amide bonds. The molecule has 5 rings (SSSR count). The first-order chi connectivity index (χ1) is 13.3. The highest BCUT2D eigenvalue weighted by Gasteiger charge is 2.66. The molecule has 0 bridgehead atoms. The summed E-state index contributed by atoms with van der Waals surface area (Å²) in [4.78, 5) is 21.4. The summed E-state index contributed by atoms with van der Waals surface area (Å²) in [6.07, 6.45) is 11.2. The van der Waals surface area contributed by atoms with Crippen LogP contribution < -0.4 is 5.63 Å². The van der Waals surface area contributed by atoms with Gasteiger partial charge >= 0.3 is 11.4 Å². The third-order valence-electron chi connectivity index (χ3n) is 9.29. The van der Waals surface area contributed by atoms with E-state index in [-0.39, 0.29) is 22.4 Å². The lowest BCUT2D eigenvalue weighted by Gasteiger charge is -2.61. The number of carbonyl (C=O) groups excluding carboxylic acids is 1. The Morgan fingerprint density at radius 1 is 1.07 bits per heavy atom. The van der Waals surface area contributed by atoms with Crippen LogP contribution in [0.5, 0.6) is 0 Å². The first kappa shape index (κ1) is 18.4. The van der Waals surface area contributed by atoms with Gasteiger partial charge in [-0.05, 0) is 79.7 Å². The average molecular weight is 384 g/mol. The second kappa shape index (κ2) is 5.91. The molecule has 1 heterocycles. The standard InChI is InChI=1S/C24H30O4/c1-22-10-7-17(25)13-16(22)4-5-20-19(22)8-11-23(2)18(9-12-24(20,23)27)15-3-6-21(26)28-14-15/h3,6,13-14,18-20,27H,4-5,7-12H2,1-2H3/p+1/t18-,19?,20?,22?,23-,24+/m1/s1. The van der Waals surface area contributed by atoms with Crippen molar-refractivity contribution in [1.29, 1.82) is 0 Å². The molecular weight excluding hydrogens is 352 g/mol. The summed E-state index contributed by atoms with van der Waals surface area (Å²) in [6.45, 7) is 4.63. The topological polar surface area (TPSA) is 71.8 Å². The molecule has 4 heteroatoms. The summed E-state index contributed by atoms with van der Waals surface area (Å²) in [6, 6.07) is 3.40. The minimum absolute atomic E-state index is 0.101. The summed E-state index contributed by atoms with van der Waals surface area (Å²) in [5, 5.41) is 12.1. The van der Waals surface area contributed by atoms with Crippen molar-refractivity contribution < 1.29 is 14.3 Å².